The van der Waals surface area contributed by atoms with Crippen LogP contribution in [0.15, 0.2) is 0 Å². The first-order chi connectivity index (χ1) is 8.04. The predicted molar refractivity (Wildman–Crippen MR) is 67.5 cm³/mol. The van der Waals surface area contributed by atoms with Gasteiger partial charge in [0.05, 0.1) is 17.3 Å². The van der Waals surface area contributed by atoms with Crippen LogP contribution in [0.5, 0.6) is 0 Å². The van der Waals surface area contributed by atoms with Crippen molar-refractivity contribution in [2.24, 2.45) is 0 Å². The molecule has 1 fully saturated rings. The van der Waals surface area contributed by atoms with Gasteiger partial charge in [0.2, 0.25) is 0 Å². The highest BCUT2D eigenvalue weighted by Gasteiger charge is 2.26. The average Bonchev–Trinajstić information content (AvgIpc) is 2.82. The summed E-state index contributed by atoms with van der Waals surface area (Å²) in [5.41, 5.74) is 2.70. The van der Waals surface area contributed by atoms with Crippen molar-refractivity contribution in [3.05, 3.63) is 17.0 Å². The van der Waals surface area contributed by atoms with Gasteiger partial charge in [-0.1, -0.05) is 6.92 Å². The minimum atomic E-state index is 0.122. The lowest BCUT2D eigenvalue weighted by Crippen LogP contribution is -2.21. The average molecular weight is 235 g/mol. The van der Waals surface area contributed by atoms with E-state index in [9.17, 15) is 4.79 Å². The molecule has 0 amide bonds. The standard InChI is InChI=1S/C13H21N3O/c1-5-15-7-6-12(8-15)16-10(3)13(11(4)17)9(2)14-16/h12H,5-8H2,1-4H3. The molecule has 1 saturated heterocycles. The van der Waals surface area contributed by atoms with E-state index in [2.05, 4.69) is 21.6 Å². The second-order valence-corrected chi connectivity index (χ2v) is 4.88. The van der Waals surface area contributed by atoms with Crippen molar-refractivity contribution in [3.8, 4) is 0 Å². The van der Waals surface area contributed by atoms with Crippen LogP contribution in [0.4, 0.5) is 0 Å². The maximum atomic E-state index is 11.6. The van der Waals surface area contributed by atoms with Crippen molar-refractivity contribution >= 4 is 5.78 Å². The van der Waals surface area contributed by atoms with Crippen LogP contribution < -0.4 is 0 Å². The molecule has 1 atom stereocenters. The Morgan fingerprint density at radius 1 is 1.47 bits per heavy atom. The summed E-state index contributed by atoms with van der Waals surface area (Å²) in [6.45, 7) is 11.0. The number of hydrogen-bond donors (Lipinski definition) is 0. The summed E-state index contributed by atoms with van der Waals surface area (Å²) in [5.74, 6) is 0.122. The van der Waals surface area contributed by atoms with Gasteiger partial charge in [0, 0.05) is 18.8 Å². The van der Waals surface area contributed by atoms with Crippen LogP contribution in [-0.2, 0) is 0 Å². The van der Waals surface area contributed by atoms with Gasteiger partial charge in [-0.05, 0) is 33.7 Å². The van der Waals surface area contributed by atoms with Gasteiger partial charge < -0.3 is 4.90 Å². The molecule has 1 aliphatic heterocycles. The number of Topliss-reactive ketones (excluding diaryl/α,β-unsaturated/α-hetero) is 1. The van der Waals surface area contributed by atoms with Crippen molar-refractivity contribution in [2.75, 3.05) is 19.6 Å². The number of nitrogens with zero attached hydrogens (tertiary/aromatic N) is 3. The zero-order valence-corrected chi connectivity index (χ0v) is 11.2. The lowest BCUT2D eigenvalue weighted by Gasteiger charge is -2.15. The maximum absolute atomic E-state index is 11.6. The Labute approximate surface area is 103 Å². The Kier molecular flexibility index (Phi) is 3.33. The fourth-order valence-corrected chi connectivity index (χ4v) is 2.83. The van der Waals surface area contributed by atoms with Crippen LogP contribution in [0.25, 0.3) is 0 Å². The summed E-state index contributed by atoms with van der Waals surface area (Å²) in [5, 5.41) is 4.55. The normalized spacial score (nSPS) is 21.1. The van der Waals surface area contributed by atoms with E-state index in [-0.39, 0.29) is 5.78 Å². The molecule has 1 unspecified atom stereocenters. The largest absolute Gasteiger partial charge is 0.301 e. The number of likely N-dealkylation sites (tertiary alicyclic amines) is 1. The molecule has 4 nitrogen and oxygen atoms in total. The van der Waals surface area contributed by atoms with Crippen LogP contribution in [0.2, 0.25) is 0 Å². The molecular formula is C13H21N3O. The van der Waals surface area contributed by atoms with Crippen molar-refractivity contribution < 1.29 is 4.79 Å². The molecule has 4 heteroatoms. The highest BCUT2D eigenvalue weighted by atomic mass is 16.1. The van der Waals surface area contributed by atoms with E-state index in [1.165, 1.54) is 0 Å². The van der Waals surface area contributed by atoms with Crippen molar-refractivity contribution in [1.29, 1.82) is 0 Å². The topological polar surface area (TPSA) is 38.1 Å². The first kappa shape index (κ1) is 12.3. The summed E-state index contributed by atoms with van der Waals surface area (Å²) >= 11 is 0. The molecular weight excluding hydrogens is 214 g/mol. The van der Waals surface area contributed by atoms with E-state index in [1.807, 2.05) is 13.8 Å². The smallest absolute Gasteiger partial charge is 0.163 e. The molecule has 1 aromatic rings. The number of carbonyl (C=O) groups is 1. The molecule has 0 aliphatic carbocycles. The van der Waals surface area contributed by atoms with E-state index >= 15 is 0 Å². The van der Waals surface area contributed by atoms with Gasteiger partial charge in [-0.25, -0.2) is 0 Å². The van der Waals surface area contributed by atoms with E-state index < -0.39 is 0 Å². The van der Waals surface area contributed by atoms with Crippen LogP contribution in [-0.4, -0.2) is 40.1 Å². The molecule has 2 rings (SSSR count). The summed E-state index contributed by atoms with van der Waals surface area (Å²) in [4.78, 5) is 14.0. The molecule has 0 spiro atoms. The van der Waals surface area contributed by atoms with E-state index in [1.54, 1.807) is 6.92 Å². The third-order valence-corrected chi connectivity index (χ3v) is 3.72. The van der Waals surface area contributed by atoms with E-state index in [4.69, 9.17) is 0 Å². The molecule has 0 N–H and O–H groups in total. The molecule has 94 valence electrons. The number of aromatic nitrogens is 2. The molecule has 1 aliphatic rings. The summed E-state index contributed by atoms with van der Waals surface area (Å²) in [7, 11) is 0. The summed E-state index contributed by atoms with van der Waals surface area (Å²) in [6.07, 6.45) is 1.13. The van der Waals surface area contributed by atoms with Crippen LogP contribution in [0.3, 0.4) is 0 Å². The first-order valence-electron chi connectivity index (χ1n) is 6.33. The maximum Gasteiger partial charge on any atom is 0.163 e. The molecule has 1 aromatic heterocycles. The first-order valence-corrected chi connectivity index (χ1v) is 6.33. The van der Waals surface area contributed by atoms with Gasteiger partial charge in [0.15, 0.2) is 5.78 Å². The Hall–Kier alpha value is -1.16. The number of carbonyl (C=O) groups excluding carboxylic acids is 1. The third kappa shape index (κ3) is 2.14. The molecule has 0 aromatic carbocycles. The number of hydrogen-bond acceptors (Lipinski definition) is 3. The summed E-state index contributed by atoms with van der Waals surface area (Å²) < 4.78 is 2.06. The molecule has 17 heavy (non-hydrogen) atoms. The Morgan fingerprint density at radius 2 is 2.18 bits per heavy atom. The highest BCUT2D eigenvalue weighted by Crippen LogP contribution is 2.25. The van der Waals surface area contributed by atoms with Gasteiger partial charge in [-0.15, -0.1) is 0 Å². The Bertz CT molecular complexity index is 436. The minimum absolute atomic E-state index is 0.122. The lowest BCUT2D eigenvalue weighted by molar-refractivity contribution is 0.101. The van der Waals surface area contributed by atoms with Gasteiger partial charge in [0.1, 0.15) is 0 Å². The predicted octanol–water partition coefficient (Wildman–Crippen LogP) is 1.97. The van der Waals surface area contributed by atoms with Crippen LogP contribution >= 0.6 is 0 Å². The van der Waals surface area contributed by atoms with E-state index in [0.29, 0.717) is 6.04 Å². The van der Waals surface area contributed by atoms with Gasteiger partial charge >= 0.3 is 0 Å². The highest BCUT2D eigenvalue weighted by molar-refractivity contribution is 5.96. The van der Waals surface area contributed by atoms with Gasteiger partial charge in [-0.2, -0.15) is 5.10 Å². The third-order valence-electron chi connectivity index (χ3n) is 3.72. The zero-order chi connectivity index (χ0) is 12.6. The SMILES string of the molecule is CCN1CCC(n2nc(C)c(C(C)=O)c2C)C1. The van der Waals surface area contributed by atoms with Crippen molar-refractivity contribution in [3.63, 3.8) is 0 Å². The summed E-state index contributed by atoms with van der Waals surface area (Å²) in [6, 6.07) is 0.432. The van der Waals surface area contributed by atoms with Crippen LogP contribution in [0.1, 0.15) is 48.1 Å². The van der Waals surface area contributed by atoms with Gasteiger partial charge in [-0.3, -0.25) is 9.48 Å². The molecule has 0 bridgehead atoms. The monoisotopic (exact) mass is 235 g/mol. The lowest BCUT2D eigenvalue weighted by atomic mass is 10.1. The minimum Gasteiger partial charge on any atom is -0.301 e. The fraction of sp³-hybridized carbons (Fsp3) is 0.692. The van der Waals surface area contributed by atoms with Gasteiger partial charge in [0.25, 0.3) is 0 Å². The van der Waals surface area contributed by atoms with Crippen molar-refractivity contribution in [2.45, 2.75) is 40.2 Å². The molecule has 0 saturated carbocycles. The van der Waals surface area contributed by atoms with E-state index in [0.717, 1.165) is 43.0 Å². The number of likely N-dealkylation sites (N-methyl/N-ethyl adjacent to an activating group) is 1. The molecule has 2 heterocycles. The van der Waals surface area contributed by atoms with Crippen LogP contribution in [0, 0.1) is 13.8 Å². The second kappa shape index (κ2) is 4.61. The second-order valence-electron chi connectivity index (χ2n) is 4.88. The fourth-order valence-electron chi connectivity index (χ4n) is 2.83. The molecule has 0 radical (unpaired) electrons. The Morgan fingerprint density at radius 3 is 2.65 bits per heavy atom. The van der Waals surface area contributed by atoms with Crippen molar-refractivity contribution in [1.82, 2.24) is 14.7 Å². The Balaban J connectivity index is 2.28. The number of aryl methyl sites for hydroxylation is 1. The number of rotatable bonds is 3. The number of ketones is 1. The zero-order valence-electron chi connectivity index (χ0n) is 11.2. The quantitative estimate of drug-likeness (QED) is 0.752.